The van der Waals surface area contributed by atoms with Crippen molar-refractivity contribution in [1.29, 1.82) is 0 Å². The average Bonchev–Trinajstić information content (AvgIpc) is 2.73. The van der Waals surface area contributed by atoms with Crippen LogP contribution < -0.4 is 9.62 Å². The standard InChI is InChI=1S/C19H22N4O5S/c1-2-29(27,28)20-16-5-3-4-15(14-16)19(24)22-12-10-21(11-13-22)17-6-8-18(9-7-17)23(25)26/h3-9,14,20H,2,10-13H2,1H3. The molecule has 1 saturated heterocycles. The maximum Gasteiger partial charge on any atom is 0.269 e. The molecule has 3 rings (SSSR count). The lowest BCUT2D eigenvalue weighted by molar-refractivity contribution is -0.384. The second-order valence-corrected chi connectivity index (χ2v) is 8.65. The first-order chi connectivity index (χ1) is 13.8. The number of hydrogen-bond acceptors (Lipinski definition) is 6. The third kappa shape index (κ3) is 5.02. The summed E-state index contributed by atoms with van der Waals surface area (Å²) in [6.45, 7) is 3.75. The number of hydrogen-bond donors (Lipinski definition) is 1. The first-order valence-corrected chi connectivity index (χ1v) is 10.8. The van der Waals surface area contributed by atoms with E-state index < -0.39 is 14.9 Å². The highest BCUT2D eigenvalue weighted by Gasteiger charge is 2.23. The van der Waals surface area contributed by atoms with Gasteiger partial charge in [-0.2, -0.15) is 0 Å². The van der Waals surface area contributed by atoms with Gasteiger partial charge in [-0.25, -0.2) is 8.42 Å². The molecule has 0 radical (unpaired) electrons. The van der Waals surface area contributed by atoms with Gasteiger partial charge in [-0.1, -0.05) is 6.07 Å². The summed E-state index contributed by atoms with van der Waals surface area (Å²) in [5, 5.41) is 10.8. The monoisotopic (exact) mass is 418 g/mol. The maximum absolute atomic E-state index is 12.8. The summed E-state index contributed by atoms with van der Waals surface area (Å²) in [7, 11) is -3.41. The van der Waals surface area contributed by atoms with Crippen molar-refractivity contribution in [3.63, 3.8) is 0 Å². The number of sulfonamides is 1. The van der Waals surface area contributed by atoms with Gasteiger partial charge < -0.3 is 9.80 Å². The van der Waals surface area contributed by atoms with E-state index in [0.717, 1.165) is 5.69 Å². The smallest absolute Gasteiger partial charge is 0.269 e. The number of nitrogens with one attached hydrogen (secondary N) is 1. The molecule has 1 aliphatic heterocycles. The van der Waals surface area contributed by atoms with E-state index in [4.69, 9.17) is 0 Å². The number of carbonyl (C=O) groups is 1. The van der Waals surface area contributed by atoms with Crippen LogP contribution in [-0.4, -0.2) is 56.1 Å². The molecule has 1 heterocycles. The van der Waals surface area contributed by atoms with Crippen molar-refractivity contribution < 1.29 is 18.1 Å². The van der Waals surface area contributed by atoms with E-state index in [-0.39, 0.29) is 17.3 Å². The predicted octanol–water partition coefficient (Wildman–Crippen LogP) is 2.32. The zero-order valence-corrected chi connectivity index (χ0v) is 16.8. The molecule has 0 unspecified atom stereocenters. The van der Waals surface area contributed by atoms with Crippen molar-refractivity contribution in [2.75, 3.05) is 41.6 Å². The summed E-state index contributed by atoms with van der Waals surface area (Å²) in [4.78, 5) is 26.9. The van der Waals surface area contributed by atoms with Gasteiger partial charge in [0.1, 0.15) is 0 Å². The van der Waals surface area contributed by atoms with Crippen molar-refractivity contribution in [2.45, 2.75) is 6.92 Å². The van der Waals surface area contributed by atoms with Crippen LogP contribution >= 0.6 is 0 Å². The molecule has 0 spiro atoms. The Bertz CT molecular complexity index is 1000. The van der Waals surface area contributed by atoms with E-state index in [1.807, 2.05) is 0 Å². The predicted molar refractivity (Wildman–Crippen MR) is 111 cm³/mol. The minimum atomic E-state index is -3.41. The molecule has 1 amide bonds. The zero-order chi connectivity index (χ0) is 21.0. The Kier molecular flexibility index (Phi) is 6.02. The van der Waals surface area contributed by atoms with E-state index in [1.165, 1.54) is 18.2 Å². The quantitative estimate of drug-likeness (QED) is 0.569. The molecule has 1 N–H and O–H groups in total. The molecule has 154 valence electrons. The molecule has 2 aromatic carbocycles. The van der Waals surface area contributed by atoms with Gasteiger partial charge >= 0.3 is 0 Å². The first-order valence-electron chi connectivity index (χ1n) is 9.18. The van der Waals surface area contributed by atoms with Crippen molar-refractivity contribution in [3.8, 4) is 0 Å². The third-order valence-electron chi connectivity index (χ3n) is 4.76. The van der Waals surface area contributed by atoms with E-state index in [0.29, 0.717) is 37.4 Å². The fourth-order valence-electron chi connectivity index (χ4n) is 3.10. The number of non-ortho nitro benzene ring substituents is 1. The number of benzene rings is 2. The summed E-state index contributed by atoms with van der Waals surface area (Å²) in [5.74, 6) is -0.207. The Morgan fingerprint density at radius 1 is 1.10 bits per heavy atom. The van der Waals surface area contributed by atoms with Crippen LogP contribution in [0.5, 0.6) is 0 Å². The fourth-order valence-corrected chi connectivity index (χ4v) is 3.73. The minimum absolute atomic E-state index is 0.0427. The largest absolute Gasteiger partial charge is 0.368 e. The van der Waals surface area contributed by atoms with E-state index in [1.54, 1.807) is 42.2 Å². The Hall–Kier alpha value is -3.14. The molecule has 1 fully saturated rings. The van der Waals surface area contributed by atoms with Gasteiger partial charge in [0, 0.05) is 55.2 Å². The molecule has 10 heteroatoms. The van der Waals surface area contributed by atoms with Crippen LogP contribution in [0.15, 0.2) is 48.5 Å². The molecule has 29 heavy (non-hydrogen) atoms. The number of rotatable bonds is 6. The summed E-state index contributed by atoms with van der Waals surface area (Å²) < 4.78 is 25.9. The van der Waals surface area contributed by atoms with Gasteiger partial charge in [-0.15, -0.1) is 0 Å². The van der Waals surface area contributed by atoms with Gasteiger partial charge in [-0.3, -0.25) is 19.6 Å². The van der Waals surface area contributed by atoms with Crippen LogP contribution in [0.4, 0.5) is 17.1 Å². The molecule has 2 aromatic rings. The molecule has 0 aliphatic carbocycles. The Balaban J connectivity index is 1.63. The van der Waals surface area contributed by atoms with Gasteiger partial charge in [0.25, 0.3) is 11.6 Å². The van der Waals surface area contributed by atoms with Crippen LogP contribution in [0.1, 0.15) is 17.3 Å². The normalized spacial score (nSPS) is 14.5. The molecule has 0 saturated carbocycles. The summed E-state index contributed by atoms with van der Waals surface area (Å²) in [5.41, 5.74) is 1.70. The van der Waals surface area contributed by atoms with Gasteiger partial charge in [0.15, 0.2) is 0 Å². The second kappa shape index (κ2) is 8.48. The zero-order valence-electron chi connectivity index (χ0n) is 15.9. The number of amides is 1. The summed E-state index contributed by atoms with van der Waals surface area (Å²) in [6.07, 6.45) is 0. The van der Waals surface area contributed by atoms with Crippen molar-refractivity contribution >= 4 is 33.0 Å². The number of anilines is 2. The number of piperazine rings is 1. The molecule has 0 atom stereocenters. The Morgan fingerprint density at radius 2 is 1.76 bits per heavy atom. The molecular formula is C19H22N4O5S. The van der Waals surface area contributed by atoms with Gasteiger partial charge in [-0.05, 0) is 37.3 Å². The van der Waals surface area contributed by atoms with E-state index >= 15 is 0 Å². The second-order valence-electron chi connectivity index (χ2n) is 6.64. The first kappa shape index (κ1) is 20.6. The van der Waals surface area contributed by atoms with Gasteiger partial charge in [0.05, 0.1) is 10.7 Å². The molecule has 1 aliphatic rings. The number of carbonyl (C=O) groups excluding carboxylic acids is 1. The van der Waals surface area contributed by atoms with Crippen molar-refractivity contribution in [2.24, 2.45) is 0 Å². The molecule has 0 aromatic heterocycles. The van der Waals surface area contributed by atoms with E-state index in [9.17, 15) is 23.3 Å². The lowest BCUT2D eigenvalue weighted by Crippen LogP contribution is -2.48. The Morgan fingerprint density at radius 3 is 2.34 bits per heavy atom. The highest BCUT2D eigenvalue weighted by molar-refractivity contribution is 7.92. The number of nitro groups is 1. The average molecular weight is 418 g/mol. The van der Waals surface area contributed by atoms with Crippen LogP contribution in [0.25, 0.3) is 0 Å². The highest BCUT2D eigenvalue weighted by Crippen LogP contribution is 2.21. The Labute approximate surface area is 169 Å². The van der Waals surface area contributed by atoms with Crippen molar-refractivity contribution in [3.05, 3.63) is 64.2 Å². The van der Waals surface area contributed by atoms with Gasteiger partial charge in [0.2, 0.25) is 10.0 Å². The lowest BCUT2D eigenvalue weighted by Gasteiger charge is -2.36. The minimum Gasteiger partial charge on any atom is -0.368 e. The third-order valence-corrected chi connectivity index (χ3v) is 6.06. The van der Waals surface area contributed by atoms with Crippen LogP contribution in [0.2, 0.25) is 0 Å². The van der Waals surface area contributed by atoms with Crippen LogP contribution in [-0.2, 0) is 10.0 Å². The highest BCUT2D eigenvalue weighted by atomic mass is 32.2. The molecule has 0 bridgehead atoms. The van der Waals surface area contributed by atoms with Crippen LogP contribution in [0.3, 0.4) is 0 Å². The molecular weight excluding hydrogens is 396 g/mol. The van der Waals surface area contributed by atoms with Crippen molar-refractivity contribution in [1.82, 2.24) is 4.90 Å². The fraction of sp³-hybridized carbons (Fsp3) is 0.316. The van der Waals surface area contributed by atoms with Crippen LogP contribution in [0, 0.1) is 10.1 Å². The topological polar surface area (TPSA) is 113 Å². The summed E-state index contributed by atoms with van der Waals surface area (Å²) in [6, 6.07) is 12.8. The number of nitro benzene ring substituents is 1. The maximum atomic E-state index is 12.8. The SMILES string of the molecule is CCS(=O)(=O)Nc1cccc(C(=O)N2CCN(c3ccc([N+](=O)[O-])cc3)CC2)c1. The molecule has 9 nitrogen and oxygen atoms in total. The van der Waals surface area contributed by atoms with E-state index in [2.05, 4.69) is 9.62 Å². The lowest BCUT2D eigenvalue weighted by atomic mass is 10.1. The number of nitrogens with zero attached hydrogens (tertiary/aromatic N) is 3. The summed E-state index contributed by atoms with van der Waals surface area (Å²) >= 11 is 0.